The molecule has 1 atom stereocenters. The van der Waals surface area contributed by atoms with E-state index in [1.807, 2.05) is 4.57 Å². The van der Waals surface area contributed by atoms with Crippen molar-refractivity contribution in [3.63, 3.8) is 0 Å². The van der Waals surface area contributed by atoms with Gasteiger partial charge in [-0.1, -0.05) is 6.07 Å². The first-order valence-electron chi connectivity index (χ1n) is 6.73. The van der Waals surface area contributed by atoms with Crippen LogP contribution in [0, 0.1) is 17.6 Å². The van der Waals surface area contributed by atoms with Gasteiger partial charge in [-0.15, -0.1) is 10.2 Å². The maximum atomic E-state index is 13.7. The Morgan fingerprint density at radius 3 is 2.70 bits per heavy atom. The molecule has 0 radical (unpaired) electrons. The molecule has 1 aromatic carbocycles. The molecule has 0 saturated heterocycles. The third-order valence-corrected chi connectivity index (χ3v) is 3.85. The van der Waals surface area contributed by atoms with Crippen LogP contribution in [-0.2, 0) is 19.4 Å². The van der Waals surface area contributed by atoms with Gasteiger partial charge in [0.05, 0.1) is 0 Å². The highest BCUT2D eigenvalue weighted by Gasteiger charge is 2.23. The average Bonchev–Trinajstić information content (AvgIpc) is 2.85. The molecule has 6 heteroatoms. The van der Waals surface area contributed by atoms with Crippen molar-refractivity contribution < 1.29 is 8.78 Å². The van der Waals surface area contributed by atoms with Gasteiger partial charge >= 0.3 is 0 Å². The van der Waals surface area contributed by atoms with Gasteiger partial charge in [0.2, 0.25) is 0 Å². The van der Waals surface area contributed by atoms with Crippen molar-refractivity contribution in [2.75, 3.05) is 6.54 Å². The Morgan fingerprint density at radius 1 is 1.25 bits per heavy atom. The Labute approximate surface area is 115 Å². The molecule has 0 fully saturated rings. The number of fused-ring (bicyclic) bond motifs is 1. The predicted octanol–water partition coefficient (Wildman–Crippen LogP) is 1.67. The summed E-state index contributed by atoms with van der Waals surface area (Å²) >= 11 is 0. The molecule has 0 amide bonds. The van der Waals surface area contributed by atoms with Crippen LogP contribution in [0.5, 0.6) is 0 Å². The summed E-state index contributed by atoms with van der Waals surface area (Å²) in [5.41, 5.74) is 5.75. The maximum absolute atomic E-state index is 13.7. The van der Waals surface area contributed by atoms with Crippen LogP contribution in [0.2, 0.25) is 0 Å². The molecule has 106 valence electrons. The summed E-state index contributed by atoms with van der Waals surface area (Å²) in [6.07, 6.45) is 1.92. The molecule has 1 aromatic heterocycles. The number of nitrogens with zero attached hydrogens (tertiary/aromatic N) is 3. The second-order valence-electron chi connectivity index (χ2n) is 5.16. The van der Waals surface area contributed by atoms with Gasteiger partial charge in [0.25, 0.3) is 0 Å². The number of nitrogens with two attached hydrogens (primary N) is 1. The van der Waals surface area contributed by atoms with Gasteiger partial charge in [-0.3, -0.25) is 0 Å². The lowest BCUT2D eigenvalue weighted by Gasteiger charge is -2.23. The van der Waals surface area contributed by atoms with E-state index in [4.69, 9.17) is 5.73 Å². The van der Waals surface area contributed by atoms with Crippen molar-refractivity contribution in [2.45, 2.75) is 25.8 Å². The fraction of sp³-hybridized carbons (Fsp3) is 0.429. The van der Waals surface area contributed by atoms with Gasteiger partial charge in [0.15, 0.2) is 0 Å². The molecule has 4 nitrogen and oxygen atoms in total. The summed E-state index contributed by atoms with van der Waals surface area (Å²) in [4.78, 5) is 0. The van der Waals surface area contributed by atoms with E-state index in [9.17, 15) is 8.78 Å². The first-order chi connectivity index (χ1) is 9.69. The van der Waals surface area contributed by atoms with E-state index in [0.717, 1.165) is 25.2 Å². The molecular formula is C14H16F2N4. The predicted molar refractivity (Wildman–Crippen MR) is 70.1 cm³/mol. The highest BCUT2D eigenvalue weighted by atomic mass is 19.1. The number of benzene rings is 1. The average molecular weight is 278 g/mol. The van der Waals surface area contributed by atoms with Crippen molar-refractivity contribution in [1.29, 1.82) is 0 Å². The van der Waals surface area contributed by atoms with Crippen molar-refractivity contribution in [3.05, 3.63) is 47.0 Å². The van der Waals surface area contributed by atoms with E-state index >= 15 is 0 Å². The normalized spacial score (nSPS) is 18.1. The van der Waals surface area contributed by atoms with Crippen molar-refractivity contribution in [3.8, 4) is 0 Å². The molecule has 0 saturated carbocycles. The molecule has 0 spiro atoms. The minimum Gasteiger partial charge on any atom is -0.330 e. The summed E-state index contributed by atoms with van der Waals surface area (Å²) in [7, 11) is 0. The Kier molecular flexibility index (Phi) is 3.48. The van der Waals surface area contributed by atoms with Crippen LogP contribution in [0.4, 0.5) is 8.78 Å². The number of aromatic nitrogens is 3. The molecule has 3 rings (SSSR count). The Bertz CT molecular complexity index is 603. The van der Waals surface area contributed by atoms with Crippen LogP contribution in [0.15, 0.2) is 18.2 Å². The quantitative estimate of drug-likeness (QED) is 0.929. The van der Waals surface area contributed by atoms with E-state index in [1.54, 1.807) is 0 Å². The van der Waals surface area contributed by atoms with Gasteiger partial charge in [0, 0.05) is 24.9 Å². The lowest BCUT2D eigenvalue weighted by atomic mass is 9.99. The fourth-order valence-corrected chi connectivity index (χ4v) is 2.63. The number of hydrogen-bond donors (Lipinski definition) is 1. The Balaban J connectivity index is 1.91. The van der Waals surface area contributed by atoms with E-state index in [-0.39, 0.29) is 12.0 Å². The summed E-state index contributed by atoms with van der Waals surface area (Å²) in [5, 5.41) is 8.19. The van der Waals surface area contributed by atoms with Crippen LogP contribution in [0.25, 0.3) is 0 Å². The minimum absolute atomic E-state index is 0.0394. The topological polar surface area (TPSA) is 56.7 Å². The minimum atomic E-state index is -0.548. The summed E-state index contributed by atoms with van der Waals surface area (Å²) in [6.45, 7) is 1.33. The maximum Gasteiger partial charge on any atom is 0.137 e. The lowest BCUT2D eigenvalue weighted by molar-refractivity contribution is 0.367. The molecule has 2 heterocycles. The van der Waals surface area contributed by atoms with Crippen LogP contribution < -0.4 is 5.73 Å². The molecule has 1 aliphatic rings. The van der Waals surface area contributed by atoms with Crippen LogP contribution in [-0.4, -0.2) is 21.3 Å². The zero-order valence-corrected chi connectivity index (χ0v) is 11.0. The van der Waals surface area contributed by atoms with Crippen LogP contribution in [0.3, 0.4) is 0 Å². The Morgan fingerprint density at radius 2 is 2.00 bits per heavy atom. The van der Waals surface area contributed by atoms with Gasteiger partial charge in [-0.05, 0) is 31.0 Å². The lowest BCUT2D eigenvalue weighted by Crippen LogP contribution is -2.27. The molecular weight excluding hydrogens is 262 g/mol. The second kappa shape index (κ2) is 5.28. The number of hydrogen-bond acceptors (Lipinski definition) is 3. The standard InChI is InChI=1S/C14H16F2N4/c15-11-2-1-3-12(16)10(11)6-14-19-18-13-5-4-9(7-17)8-20(13)14/h1-3,9H,4-8,17H2. The fourth-order valence-electron chi connectivity index (χ4n) is 2.63. The molecule has 20 heavy (non-hydrogen) atoms. The molecule has 1 aliphatic heterocycles. The molecule has 1 unspecified atom stereocenters. The first-order valence-corrected chi connectivity index (χ1v) is 6.73. The Hall–Kier alpha value is -1.82. The van der Waals surface area contributed by atoms with Gasteiger partial charge in [0.1, 0.15) is 23.3 Å². The van der Waals surface area contributed by atoms with Crippen LogP contribution in [0.1, 0.15) is 23.6 Å². The van der Waals surface area contributed by atoms with E-state index in [2.05, 4.69) is 10.2 Å². The monoisotopic (exact) mass is 278 g/mol. The zero-order valence-electron chi connectivity index (χ0n) is 11.0. The number of aryl methyl sites for hydroxylation is 1. The van der Waals surface area contributed by atoms with E-state index in [1.165, 1.54) is 18.2 Å². The second-order valence-corrected chi connectivity index (χ2v) is 5.16. The van der Waals surface area contributed by atoms with Crippen molar-refractivity contribution in [1.82, 2.24) is 14.8 Å². The third-order valence-electron chi connectivity index (χ3n) is 3.85. The van der Waals surface area contributed by atoms with Crippen molar-refractivity contribution >= 4 is 0 Å². The smallest absolute Gasteiger partial charge is 0.137 e. The van der Waals surface area contributed by atoms with Crippen LogP contribution >= 0.6 is 0 Å². The van der Waals surface area contributed by atoms with E-state index in [0.29, 0.717) is 18.3 Å². The number of rotatable bonds is 3. The molecule has 2 aromatic rings. The number of halogens is 2. The SMILES string of the molecule is NCC1CCc2nnc(Cc3c(F)cccc3F)n2C1. The van der Waals surface area contributed by atoms with Crippen molar-refractivity contribution in [2.24, 2.45) is 11.7 Å². The van der Waals surface area contributed by atoms with Gasteiger partial charge in [-0.2, -0.15) is 0 Å². The summed E-state index contributed by atoms with van der Waals surface area (Å²) in [6, 6.07) is 3.88. The molecule has 0 bridgehead atoms. The highest BCUT2D eigenvalue weighted by molar-refractivity contribution is 5.23. The highest BCUT2D eigenvalue weighted by Crippen LogP contribution is 2.22. The third kappa shape index (κ3) is 2.31. The molecule has 2 N–H and O–H groups in total. The van der Waals surface area contributed by atoms with E-state index < -0.39 is 11.6 Å². The first kappa shape index (κ1) is 13.2. The summed E-state index contributed by atoms with van der Waals surface area (Å²) in [5.74, 6) is 0.758. The largest absolute Gasteiger partial charge is 0.330 e. The summed E-state index contributed by atoms with van der Waals surface area (Å²) < 4.78 is 29.4. The van der Waals surface area contributed by atoms with Gasteiger partial charge in [-0.25, -0.2) is 8.78 Å². The zero-order chi connectivity index (χ0) is 14.1. The molecule has 0 aliphatic carbocycles. The van der Waals surface area contributed by atoms with Gasteiger partial charge < -0.3 is 10.3 Å².